The number of aromatic nitrogens is 2. The van der Waals surface area contributed by atoms with Gasteiger partial charge in [0.15, 0.2) is 0 Å². The van der Waals surface area contributed by atoms with E-state index in [1.165, 1.54) is 0 Å². The zero-order valence-corrected chi connectivity index (χ0v) is 11.2. The van der Waals surface area contributed by atoms with Crippen molar-refractivity contribution in [3.63, 3.8) is 0 Å². The van der Waals surface area contributed by atoms with Crippen molar-refractivity contribution in [2.75, 3.05) is 7.05 Å². The first-order valence-electron chi connectivity index (χ1n) is 6.16. The summed E-state index contributed by atoms with van der Waals surface area (Å²) in [7, 11) is 3.64. The van der Waals surface area contributed by atoms with Gasteiger partial charge < -0.3 is 10.2 Å². The molecule has 1 N–H and O–H groups in total. The smallest absolute Gasteiger partial charge is 0.317 e. The molecule has 0 bridgehead atoms. The molecular formula is C14H18N4O. The lowest BCUT2D eigenvalue weighted by Crippen LogP contribution is -2.36. The number of hydrogen-bond donors (Lipinski definition) is 1. The maximum atomic E-state index is 11.9. The van der Waals surface area contributed by atoms with E-state index in [2.05, 4.69) is 10.4 Å². The van der Waals surface area contributed by atoms with Gasteiger partial charge in [0.1, 0.15) is 0 Å². The van der Waals surface area contributed by atoms with Gasteiger partial charge in [0.05, 0.1) is 12.2 Å². The van der Waals surface area contributed by atoms with Gasteiger partial charge in [-0.25, -0.2) is 4.79 Å². The second kappa shape index (κ2) is 6.04. The van der Waals surface area contributed by atoms with Crippen LogP contribution in [-0.2, 0) is 20.1 Å². The first-order valence-corrected chi connectivity index (χ1v) is 6.16. The van der Waals surface area contributed by atoms with Crippen molar-refractivity contribution < 1.29 is 4.79 Å². The van der Waals surface area contributed by atoms with E-state index in [1.54, 1.807) is 22.8 Å². The van der Waals surface area contributed by atoms with Crippen molar-refractivity contribution in [2.45, 2.75) is 13.1 Å². The molecule has 0 spiro atoms. The Hall–Kier alpha value is -2.30. The summed E-state index contributed by atoms with van der Waals surface area (Å²) >= 11 is 0. The third-order valence-electron chi connectivity index (χ3n) is 2.95. The first kappa shape index (κ1) is 13.1. The number of nitrogens with zero attached hydrogens (tertiary/aromatic N) is 3. The van der Waals surface area contributed by atoms with Gasteiger partial charge in [0, 0.05) is 26.8 Å². The molecule has 0 aliphatic carbocycles. The van der Waals surface area contributed by atoms with Gasteiger partial charge in [-0.05, 0) is 11.6 Å². The molecule has 0 saturated carbocycles. The summed E-state index contributed by atoms with van der Waals surface area (Å²) in [5.74, 6) is 0. The lowest BCUT2D eigenvalue weighted by Gasteiger charge is -2.18. The highest BCUT2D eigenvalue weighted by Gasteiger charge is 2.09. The Morgan fingerprint density at radius 3 is 2.68 bits per heavy atom. The molecule has 1 heterocycles. The largest absolute Gasteiger partial charge is 0.332 e. The Morgan fingerprint density at radius 2 is 2.05 bits per heavy atom. The van der Waals surface area contributed by atoms with Gasteiger partial charge in [0.25, 0.3) is 0 Å². The highest BCUT2D eigenvalue weighted by molar-refractivity contribution is 5.73. The maximum absolute atomic E-state index is 11.9. The van der Waals surface area contributed by atoms with Crippen LogP contribution in [0.5, 0.6) is 0 Å². The molecule has 2 amide bonds. The molecule has 1 aromatic heterocycles. The Morgan fingerprint density at radius 1 is 1.32 bits per heavy atom. The molecule has 0 aliphatic heterocycles. The minimum atomic E-state index is -0.0925. The van der Waals surface area contributed by atoms with Crippen LogP contribution in [0.4, 0.5) is 4.79 Å². The summed E-state index contributed by atoms with van der Waals surface area (Å²) in [5.41, 5.74) is 2.09. The summed E-state index contributed by atoms with van der Waals surface area (Å²) in [4.78, 5) is 13.6. The van der Waals surface area contributed by atoms with Crippen molar-refractivity contribution in [1.82, 2.24) is 20.0 Å². The van der Waals surface area contributed by atoms with Crippen molar-refractivity contribution in [3.8, 4) is 0 Å². The number of urea groups is 1. The summed E-state index contributed by atoms with van der Waals surface area (Å²) in [6, 6.07) is 11.7. The molecule has 0 atom stereocenters. The average molecular weight is 258 g/mol. The van der Waals surface area contributed by atoms with E-state index in [-0.39, 0.29) is 6.03 Å². The van der Waals surface area contributed by atoms with Crippen LogP contribution in [0.25, 0.3) is 0 Å². The van der Waals surface area contributed by atoms with Crippen molar-refractivity contribution in [3.05, 3.63) is 53.9 Å². The molecule has 2 aromatic rings. The van der Waals surface area contributed by atoms with E-state index >= 15 is 0 Å². The Labute approximate surface area is 112 Å². The Bertz CT molecular complexity index is 535. The molecule has 0 saturated heterocycles. The van der Waals surface area contributed by atoms with E-state index in [0.29, 0.717) is 13.1 Å². The first-order chi connectivity index (χ1) is 9.16. The molecule has 19 heavy (non-hydrogen) atoms. The number of amides is 2. The molecule has 5 heteroatoms. The topological polar surface area (TPSA) is 50.2 Å². The molecule has 0 aliphatic rings. The standard InChI is InChI=1S/C14H18N4O/c1-17(11-12-6-4-3-5-7-12)14(19)15-10-13-8-9-16-18(13)2/h3-9H,10-11H2,1-2H3,(H,15,19). The van der Waals surface area contributed by atoms with Crippen LogP contribution in [0, 0.1) is 0 Å². The predicted molar refractivity (Wildman–Crippen MR) is 73.4 cm³/mol. The summed E-state index contributed by atoms with van der Waals surface area (Å²) < 4.78 is 1.75. The molecule has 5 nitrogen and oxygen atoms in total. The quantitative estimate of drug-likeness (QED) is 0.908. The van der Waals surface area contributed by atoms with E-state index < -0.39 is 0 Å². The van der Waals surface area contributed by atoms with Gasteiger partial charge in [-0.2, -0.15) is 5.10 Å². The zero-order chi connectivity index (χ0) is 13.7. The van der Waals surface area contributed by atoms with Crippen LogP contribution in [0.1, 0.15) is 11.3 Å². The second-order valence-corrected chi connectivity index (χ2v) is 4.45. The highest BCUT2D eigenvalue weighted by atomic mass is 16.2. The fourth-order valence-corrected chi connectivity index (χ4v) is 1.80. The van der Waals surface area contributed by atoms with E-state index in [1.807, 2.05) is 43.4 Å². The fourth-order valence-electron chi connectivity index (χ4n) is 1.80. The predicted octanol–water partition coefficient (Wildman–Crippen LogP) is 1.76. The summed E-state index contributed by atoms with van der Waals surface area (Å²) in [6.45, 7) is 1.08. The number of aryl methyl sites for hydroxylation is 1. The van der Waals surface area contributed by atoms with Crippen molar-refractivity contribution >= 4 is 6.03 Å². The van der Waals surface area contributed by atoms with E-state index in [9.17, 15) is 4.79 Å². The van der Waals surface area contributed by atoms with Crippen LogP contribution in [0.3, 0.4) is 0 Å². The third kappa shape index (κ3) is 3.58. The van der Waals surface area contributed by atoms with Crippen molar-refractivity contribution in [1.29, 1.82) is 0 Å². The second-order valence-electron chi connectivity index (χ2n) is 4.45. The number of nitrogens with one attached hydrogen (secondary N) is 1. The van der Waals surface area contributed by atoms with Crippen LogP contribution in [0.15, 0.2) is 42.6 Å². The van der Waals surface area contributed by atoms with E-state index in [0.717, 1.165) is 11.3 Å². The molecule has 1 aromatic carbocycles. The zero-order valence-electron chi connectivity index (χ0n) is 11.2. The van der Waals surface area contributed by atoms with Gasteiger partial charge >= 0.3 is 6.03 Å². The van der Waals surface area contributed by atoms with Crippen LogP contribution < -0.4 is 5.32 Å². The number of hydrogen-bond acceptors (Lipinski definition) is 2. The average Bonchev–Trinajstić information content (AvgIpc) is 2.82. The number of rotatable bonds is 4. The minimum Gasteiger partial charge on any atom is -0.332 e. The number of carbonyl (C=O) groups excluding carboxylic acids is 1. The van der Waals surface area contributed by atoms with Gasteiger partial charge in [-0.1, -0.05) is 30.3 Å². The summed E-state index contributed by atoms with van der Waals surface area (Å²) in [6.07, 6.45) is 1.72. The Balaban J connectivity index is 1.84. The lowest BCUT2D eigenvalue weighted by molar-refractivity contribution is 0.206. The Kier molecular flexibility index (Phi) is 4.18. The minimum absolute atomic E-state index is 0.0925. The molecule has 0 radical (unpaired) electrons. The molecule has 0 unspecified atom stereocenters. The highest BCUT2D eigenvalue weighted by Crippen LogP contribution is 2.03. The van der Waals surface area contributed by atoms with Crippen LogP contribution >= 0.6 is 0 Å². The van der Waals surface area contributed by atoms with Crippen LogP contribution in [-0.4, -0.2) is 27.8 Å². The number of carbonyl (C=O) groups is 1. The van der Waals surface area contributed by atoms with Gasteiger partial charge in [-0.15, -0.1) is 0 Å². The van der Waals surface area contributed by atoms with Crippen molar-refractivity contribution in [2.24, 2.45) is 7.05 Å². The number of benzene rings is 1. The summed E-state index contributed by atoms with van der Waals surface area (Å²) in [5, 5.41) is 6.93. The molecule has 100 valence electrons. The van der Waals surface area contributed by atoms with Gasteiger partial charge in [-0.3, -0.25) is 4.68 Å². The monoisotopic (exact) mass is 258 g/mol. The maximum Gasteiger partial charge on any atom is 0.317 e. The lowest BCUT2D eigenvalue weighted by atomic mass is 10.2. The SMILES string of the molecule is CN(Cc1ccccc1)C(=O)NCc1ccnn1C. The third-order valence-corrected chi connectivity index (χ3v) is 2.95. The van der Waals surface area contributed by atoms with E-state index in [4.69, 9.17) is 0 Å². The molecule has 2 rings (SSSR count). The normalized spacial score (nSPS) is 10.2. The van der Waals surface area contributed by atoms with Crippen LogP contribution in [0.2, 0.25) is 0 Å². The van der Waals surface area contributed by atoms with Gasteiger partial charge in [0.2, 0.25) is 0 Å². The fraction of sp³-hybridized carbons (Fsp3) is 0.286. The molecule has 0 fully saturated rings. The molecular weight excluding hydrogens is 240 g/mol.